The van der Waals surface area contributed by atoms with E-state index in [-0.39, 0.29) is 17.3 Å². The Hall–Kier alpha value is -2.44. The van der Waals surface area contributed by atoms with Crippen LogP contribution >= 0.6 is 11.6 Å². The fourth-order valence-corrected chi connectivity index (χ4v) is 5.49. The summed E-state index contributed by atoms with van der Waals surface area (Å²) in [6, 6.07) is 12.1. The van der Waals surface area contributed by atoms with Gasteiger partial charge in [-0.15, -0.1) is 0 Å². The summed E-state index contributed by atoms with van der Waals surface area (Å²) in [4.78, 5) is 1.97. The standard InChI is InChI=1S/C23H24ClF5N4O2S/c1-36(34,35)32-11-5-10-31(12-13-32)17-7-4-6-16(14-17)20-15-21(22(25,26)23(27,28)29)30-33(20)19-9-3-2-8-18(19)24/h2-4,6-9,14,20H,5,10-13,15H2,1H3. The van der Waals surface area contributed by atoms with Gasteiger partial charge in [0.1, 0.15) is 5.71 Å². The maximum Gasteiger partial charge on any atom is 0.459 e. The second kappa shape index (κ2) is 9.79. The normalized spacial score (nSPS) is 20.4. The van der Waals surface area contributed by atoms with Crippen LogP contribution in [0, 0.1) is 0 Å². The fourth-order valence-electron chi connectivity index (χ4n) is 4.40. The summed E-state index contributed by atoms with van der Waals surface area (Å²) in [7, 11) is -3.34. The molecule has 0 radical (unpaired) electrons. The average molecular weight is 551 g/mol. The van der Waals surface area contributed by atoms with Gasteiger partial charge in [0.25, 0.3) is 0 Å². The molecule has 2 aromatic carbocycles. The summed E-state index contributed by atoms with van der Waals surface area (Å²) in [6.07, 6.45) is -4.70. The average Bonchev–Trinajstić information content (AvgIpc) is 3.08. The monoisotopic (exact) mass is 550 g/mol. The Labute approximate surface area is 211 Å². The van der Waals surface area contributed by atoms with Gasteiger partial charge in [0.2, 0.25) is 10.0 Å². The molecular formula is C23H24ClF5N4O2S. The molecule has 0 amide bonds. The highest BCUT2D eigenvalue weighted by molar-refractivity contribution is 7.88. The number of sulfonamides is 1. The number of hydrazone groups is 1. The summed E-state index contributed by atoms with van der Waals surface area (Å²) >= 11 is 6.25. The first kappa shape index (κ1) is 26.6. The molecule has 13 heteroatoms. The molecule has 0 bridgehead atoms. The van der Waals surface area contributed by atoms with E-state index < -0.39 is 40.3 Å². The van der Waals surface area contributed by atoms with Gasteiger partial charge in [0.15, 0.2) is 0 Å². The highest BCUT2D eigenvalue weighted by Crippen LogP contribution is 2.46. The van der Waals surface area contributed by atoms with Gasteiger partial charge in [0.05, 0.1) is 23.0 Å². The van der Waals surface area contributed by atoms with E-state index in [1.54, 1.807) is 36.4 Å². The second-order valence-electron chi connectivity index (χ2n) is 8.73. The van der Waals surface area contributed by atoms with Crippen LogP contribution in [0.25, 0.3) is 0 Å². The lowest BCUT2D eigenvalue weighted by molar-refractivity contribution is -0.249. The molecule has 0 N–H and O–H groups in total. The van der Waals surface area contributed by atoms with Crippen LogP contribution in [-0.2, 0) is 10.0 Å². The van der Waals surface area contributed by atoms with Crippen LogP contribution in [0.4, 0.5) is 33.3 Å². The van der Waals surface area contributed by atoms with Crippen molar-refractivity contribution >= 4 is 38.7 Å². The lowest BCUT2D eigenvalue weighted by Gasteiger charge is -2.27. The van der Waals surface area contributed by atoms with Crippen LogP contribution in [0.2, 0.25) is 5.02 Å². The maximum atomic E-state index is 14.3. The smallest absolute Gasteiger partial charge is 0.370 e. The molecule has 196 valence electrons. The Bertz CT molecular complexity index is 1260. The van der Waals surface area contributed by atoms with Crippen molar-refractivity contribution in [2.75, 3.05) is 42.3 Å². The van der Waals surface area contributed by atoms with Crippen molar-refractivity contribution < 1.29 is 30.4 Å². The van der Waals surface area contributed by atoms with E-state index in [0.29, 0.717) is 37.3 Å². The van der Waals surface area contributed by atoms with Crippen molar-refractivity contribution in [3.05, 3.63) is 59.1 Å². The SMILES string of the molecule is CS(=O)(=O)N1CCCN(c2cccc(C3CC(C(F)(F)C(F)(F)F)=NN3c3ccccc3Cl)c2)CC1. The molecule has 36 heavy (non-hydrogen) atoms. The first-order valence-corrected chi connectivity index (χ1v) is 13.4. The van der Waals surface area contributed by atoms with Gasteiger partial charge in [-0.05, 0) is 36.2 Å². The zero-order valence-electron chi connectivity index (χ0n) is 19.2. The lowest BCUT2D eigenvalue weighted by Crippen LogP contribution is -2.43. The predicted molar refractivity (Wildman–Crippen MR) is 129 cm³/mol. The Balaban J connectivity index is 1.67. The molecule has 6 nitrogen and oxygen atoms in total. The van der Waals surface area contributed by atoms with Crippen molar-refractivity contribution in [1.82, 2.24) is 4.31 Å². The Morgan fingerprint density at radius 3 is 2.36 bits per heavy atom. The minimum Gasteiger partial charge on any atom is -0.370 e. The molecular weight excluding hydrogens is 527 g/mol. The van der Waals surface area contributed by atoms with E-state index in [0.717, 1.165) is 11.3 Å². The third-order valence-corrected chi connectivity index (χ3v) is 7.89. The van der Waals surface area contributed by atoms with Crippen LogP contribution in [0.3, 0.4) is 0 Å². The summed E-state index contributed by atoms with van der Waals surface area (Å²) in [5, 5.41) is 4.99. The molecule has 2 aliphatic heterocycles. The van der Waals surface area contributed by atoms with Gasteiger partial charge in [0, 0.05) is 38.3 Å². The van der Waals surface area contributed by atoms with Crippen molar-refractivity contribution in [1.29, 1.82) is 0 Å². The topological polar surface area (TPSA) is 56.2 Å². The van der Waals surface area contributed by atoms with Crippen LogP contribution in [-0.4, -0.2) is 63.0 Å². The largest absolute Gasteiger partial charge is 0.459 e. The number of nitrogens with zero attached hydrogens (tertiary/aromatic N) is 4. The van der Waals surface area contributed by atoms with Crippen LogP contribution in [0.1, 0.15) is 24.4 Å². The molecule has 1 fully saturated rings. The number of hydrogen-bond acceptors (Lipinski definition) is 5. The van der Waals surface area contributed by atoms with Gasteiger partial charge in [-0.3, -0.25) is 5.01 Å². The molecule has 1 saturated heterocycles. The summed E-state index contributed by atoms with van der Waals surface area (Å²) < 4.78 is 93.3. The molecule has 0 saturated carbocycles. The number of benzene rings is 2. The van der Waals surface area contributed by atoms with Gasteiger partial charge in [-0.2, -0.15) is 27.1 Å². The van der Waals surface area contributed by atoms with Crippen molar-refractivity contribution in [3.8, 4) is 0 Å². The summed E-state index contributed by atoms with van der Waals surface area (Å²) in [5.74, 6) is -5.10. The molecule has 2 aromatic rings. The zero-order valence-corrected chi connectivity index (χ0v) is 20.8. The van der Waals surface area contributed by atoms with Crippen LogP contribution in [0.15, 0.2) is 53.6 Å². The quantitative estimate of drug-likeness (QED) is 0.473. The first-order chi connectivity index (χ1) is 16.8. The first-order valence-electron chi connectivity index (χ1n) is 11.2. The van der Waals surface area contributed by atoms with Crippen molar-refractivity contribution in [3.63, 3.8) is 0 Å². The van der Waals surface area contributed by atoms with Gasteiger partial charge < -0.3 is 4.90 Å². The Morgan fingerprint density at radius 1 is 0.972 bits per heavy atom. The van der Waals surface area contributed by atoms with Crippen molar-refractivity contribution in [2.24, 2.45) is 5.10 Å². The molecule has 2 aliphatic rings. The molecule has 1 unspecified atom stereocenters. The second-order valence-corrected chi connectivity index (χ2v) is 11.1. The van der Waals surface area contributed by atoms with E-state index in [1.165, 1.54) is 16.4 Å². The van der Waals surface area contributed by atoms with E-state index >= 15 is 0 Å². The lowest BCUT2D eigenvalue weighted by atomic mass is 9.98. The third kappa shape index (κ3) is 5.30. The zero-order chi connectivity index (χ0) is 26.3. The van der Waals surface area contributed by atoms with E-state index in [9.17, 15) is 30.4 Å². The number of alkyl halides is 5. The predicted octanol–water partition coefficient (Wildman–Crippen LogP) is 5.32. The number of halogens is 6. The molecule has 2 heterocycles. The van der Waals surface area contributed by atoms with Crippen LogP contribution in [0.5, 0.6) is 0 Å². The van der Waals surface area contributed by atoms with E-state index in [2.05, 4.69) is 5.10 Å². The molecule has 0 aromatic heterocycles. The number of rotatable bonds is 5. The number of hydrogen-bond donors (Lipinski definition) is 0. The highest BCUT2D eigenvalue weighted by atomic mass is 35.5. The Kier molecular flexibility index (Phi) is 7.24. The maximum absolute atomic E-state index is 14.3. The van der Waals surface area contributed by atoms with Gasteiger partial charge >= 0.3 is 12.1 Å². The van der Waals surface area contributed by atoms with Crippen molar-refractivity contribution in [2.45, 2.75) is 31.0 Å². The molecule has 1 atom stereocenters. The van der Waals surface area contributed by atoms with E-state index in [4.69, 9.17) is 11.6 Å². The summed E-state index contributed by atoms with van der Waals surface area (Å²) in [5.41, 5.74) is 0.108. The minimum atomic E-state index is -5.79. The molecule has 0 spiro atoms. The summed E-state index contributed by atoms with van der Waals surface area (Å²) in [6.45, 7) is 1.62. The highest BCUT2D eigenvalue weighted by Gasteiger charge is 2.62. The van der Waals surface area contributed by atoms with Crippen LogP contribution < -0.4 is 9.91 Å². The number of anilines is 2. The minimum absolute atomic E-state index is 0.160. The molecule has 0 aliphatic carbocycles. The van der Waals surface area contributed by atoms with Gasteiger partial charge in [-0.25, -0.2) is 12.7 Å². The fraction of sp³-hybridized carbons (Fsp3) is 0.435. The Morgan fingerprint density at radius 2 is 1.69 bits per heavy atom. The van der Waals surface area contributed by atoms with Gasteiger partial charge in [-0.1, -0.05) is 35.9 Å². The number of para-hydroxylation sites is 1. The molecule has 4 rings (SSSR count). The third-order valence-electron chi connectivity index (χ3n) is 6.27. The van der Waals surface area contributed by atoms with E-state index in [1.807, 2.05) is 4.90 Å².